The summed E-state index contributed by atoms with van der Waals surface area (Å²) < 4.78 is 22.7. The highest BCUT2D eigenvalue weighted by Gasteiger charge is 2.52. The van der Waals surface area contributed by atoms with Gasteiger partial charge in [0, 0.05) is 0 Å². The number of hydrogen-bond acceptors (Lipinski definition) is 6. The van der Waals surface area contributed by atoms with E-state index < -0.39 is 30.4 Å². The summed E-state index contributed by atoms with van der Waals surface area (Å²) in [6.07, 6.45) is -3.19. The number of nitrogens with zero attached hydrogens (tertiary/aromatic N) is 1. The third-order valence-corrected chi connectivity index (χ3v) is 5.63. The van der Waals surface area contributed by atoms with Crippen LogP contribution in [-0.4, -0.2) is 42.4 Å². The van der Waals surface area contributed by atoms with Gasteiger partial charge in [0.1, 0.15) is 24.1 Å². The molecule has 3 aromatic carbocycles. The van der Waals surface area contributed by atoms with E-state index in [1.165, 1.54) is 19.1 Å². The fourth-order valence-corrected chi connectivity index (χ4v) is 4.08. The van der Waals surface area contributed by atoms with E-state index >= 15 is 0 Å². The molecule has 1 saturated heterocycles. The van der Waals surface area contributed by atoms with Gasteiger partial charge in [-0.05, 0) is 23.3 Å². The minimum Gasteiger partial charge on any atom is -0.496 e. The number of methoxy groups -OCH3 is 2. The molecule has 1 amide bonds. The Morgan fingerprint density at radius 1 is 0.882 bits per heavy atom. The van der Waals surface area contributed by atoms with Gasteiger partial charge in [0.15, 0.2) is 12.3 Å². The number of rotatable bonds is 7. The molecule has 4 rings (SSSR count). The lowest BCUT2D eigenvalue weighted by molar-refractivity contribution is -0.150. The van der Waals surface area contributed by atoms with Gasteiger partial charge in [-0.15, -0.1) is 0 Å². The molecule has 34 heavy (non-hydrogen) atoms. The number of ether oxygens (including phenoxy) is 4. The molecule has 0 spiro atoms. The molecule has 3 aromatic rings. The quantitative estimate of drug-likeness (QED) is 0.549. The molecule has 0 aromatic heterocycles. The van der Waals surface area contributed by atoms with Crippen LogP contribution in [-0.2, 0) is 20.9 Å². The molecule has 0 bridgehead atoms. The largest absolute Gasteiger partial charge is 0.496 e. The van der Waals surface area contributed by atoms with Crippen molar-refractivity contribution in [1.29, 1.82) is 0 Å². The monoisotopic (exact) mass is 463 g/mol. The smallest absolute Gasteiger partial charge is 0.413 e. The average molecular weight is 463 g/mol. The number of carbonyl (C=O) groups excluding carboxylic acids is 1. The summed E-state index contributed by atoms with van der Waals surface area (Å²) in [5.74, 6) is -0.419. The van der Waals surface area contributed by atoms with Crippen LogP contribution in [0.25, 0.3) is 0 Å². The maximum Gasteiger partial charge on any atom is 0.413 e. The van der Waals surface area contributed by atoms with Gasteiger partial charge in [-0.3, -0.25) is 4.90 Å². The molecule has 0 aliphatic carbocycles. The lowest BCUT2D eigenvalue weighted by Gasteiger charge is -2.29. The first kappa shape index (κ1) is 23.1. The third-order valence-electron chi connectivity index (χ3n) is 5.63. The number of amides is 1. The van der Waals surface area contributed by atoms with E-state index in [-0.39, 0.29) is 6.61 Å². The van der Waals surface area contributed by atoms with Crippen LogP contribution in [0.5, 0.6) is 11.5 Å². The van der Waals surface area contributed by atoms with Gasteiger partial charge < -0.3 is 24.1 Å². The molecule has 1 heterocycles. The molecule has 1 unspecified atom stereocenters. The summed E-state index contributed by atoms with van der Waals surface area (Å²) in [7, 11) is 2.96. The fourth-order valence-electron chi connectivity index (χ4n) is 4.08. The molecule has 8 nitrogen and oxygen atoms in total. The van der Waals surface area contributed by atoms with Gasteiger partial charge in [0.05, 0.1) is 19.8 Å². The van der Waals surface area contributed by atoms with Crippen molar-refractivity contribution in [3.05, 3.63) is 95.6 Å². The van der Waals surface area contributed by atoms with Crippen molar-refractivity contribution in [2.75, 3.05) is 14.2 Å². The number of carboxylic acid groups (broad SMARTS) is 1. The zero-order chi connectivity index (χ0) is 24.1. The minimum absolute atomic E-state index is 0.0190. The van der Waals surface area contributed by atoms with E-state index in [9.17, 15) is 14.7 Å². The normalized spacial score (nSPS) is 19.5. The van der Waals surface area contributed by atoms with Crippen LogP contribution in [0.4, 0.5) is 4.79 Å². The molecule has 8 heteroatoms. The van der Waals surface area contributed by atoms with Crippen LogP contribution in [0.3, 0.4) is 0 Å². The Bertz CT molecular complexity index is 1110. The highest BCUT2D eigenvalue weighted by molar-refractivity contribution is 5.78. The van der Waals surface area contributed by atoms with Gasteiger partial charge in [-0.2, -0.15) is 0 Å². The predicted molar refractivity (Wildman–Crippen MR) is 122 cm³/mol. The Hall–Kier alpha value is -4.04. The van der Waals surface area contributed by atoms with Crippen molar-refractivity contribution in [3.8, 4) is 11.5 Å². The summed E-state index contributed by atoms with van der Waals surface area (Å²) in [6, 6.07) is 22.3. The second-order valence-corrected chi connectivity index (χ2v) is 7.63. The Morgan fingerprint density at radius 2 is 1.47 bits per heavy atom. The third kappa shape index (κ3) is 4.53. The maximum atomic E-state index is 13.5. The summed E-state index contributed by atoms with van der Waals surface area (Å²) in [5.41, 5.74) is 1.80. The molecule has 1 N–H and O–H groups in total. The first-order valence-corrected chi connectivity index (χ1v) is 10.7. The highest BCUT2D eigenvalue weighted by atomic mass is 16.6. The van der Waals surface area contributed by atoms with Crippen LogP contribution < -0.4 is 9.47 Å². The van der Waals surface area contributed by atoms with Crippen molar-refractivity contribution in [1.82, 2.24) is 4.90 Å². The van der Waals surface area contributed by atoms with Gasteiger partial charge in [-0.25, -0.2) is 9.59 Å². The second kappa shape index (κ2) is 10.3. The topological polar surface area (TPSA) is 94.5 Å². The van der Waals surface area contributed by atoms with Crippen molar-refractivity contribution >= 4 is 12.1 Å². The summed E-state index contributed by atoms with van der Waals surface area (Å²) >= 11 is 0. The number of aliphatic carboxylic acids is 1. The first-order valence-electron chi connectivity index (χ1n) is 10.7. The zero-order valence-electron chi connectivity index (χ0n) is 18.8. The minimum atomic E-state index is -1.34. The van der Waals surface area contributed by atoms with Crippen LogP contribution in [0.2, 0.25) is 0 Å². The van der Waals surface area contributed by atoms with Crippen LogP contribution in [0, 0.1) is 0 Å². The van der Waals surface area contributed by atoms with Crippen molar-refractivity contribution < 1.29 is 33.6 Å². The summed E-state index contributed by atoms with van der Waals surface area (Å²) in [6.45, 7) is 0.0190. The molecule has 1 aliphatic rings. The van der Waals surface area contributed by atoms with Crippen molar-refractivity contribution in [2.45, 2.75) is 25.0 Å². The molecule has 176 valence electrons. The standard InChI is InChI=1S/C26H25NO7/c1-31-19-14-9-15-20(32-2)21(19)24-27(26(30)33-16-17-10-5-3-6-11-17)22(23(34-24)25(28)29)18-12-7-4-8-13-18/h3-15,22-24H,16H2,1-2H3,(H,28,29)/t22-,23+,24?/m0/s1. The van der Waals surface area contributed by atoms with Crippen molar-refractivity contribution in [2.24, 2.45) is 0 Å². The molecule has 0 radical (unpaired) electrons. The van der Waals surface area contributed by atoms with Gasteiger partial charge in [0.2, 0.25) is 0 Å². The van der Waals surface area contributed by atoms with Gasteiger partial charge in [-0.1, -0.05) is 66.7 Å². The van der Waals surface area contributed by atoms with E-state index in [0.29, 0.717) is 22.6 Å². The summed E-state index contributed by atoms with van der Waals surface area (Å²) in [5, 5.41) is 10.0. The van der Waals surface area contributed by atoms with Crippen LogP contribution in [0.15, 0.2) is 78.9 Å². The molecule has 1 aliphatic heterocycles. The van der Waals surface area contributed by atoms with E-state index in [4.69, 9.17) is 18.9 Å². The number of benzene rings is 3. The number of hydrogen-bond donors (Lipinski definition) is 1. The number of carbonyl (C=O) groups is 2. The molecule has 1 fully saturated rings. The maximum absolute atomic E-state index is 13.5. The van der Waals surface area contributed by atoms with E-state index in [0.717, 1.165) is 5.56 Å². The van der Waals surface area contributed by atoms with Crippen LogP contribution in [0.1, 0.15) is 29.0 Å². The van der Waals surface area contributed by atoms with Crippen molar-refractivity contribution in [3.63, 3.8) is 0 Å². The summed E-state index contributed by atoms with van der Waals surface area (Å²) in [4.78, 5) is 27.1. The zero-order valence-corrected chi connectivity index (χ0v) is 18.8. The Balaban J connectivity index is 1.79. The van der Waals surface area contributed by atoms with E-state index in [1.54, 1.807) is 42.5 Å². The first-order chi connectivity index (χ1) is 16.5. The molecular weight excluding hydrogens is 438 g/mol. The second-order valence-electron chi connectivity index (χ2n) is 7.63. The SMILES string of the molecule is COc1cccc(OC)c1C1O[C@@H](C(=O)O)[C@H](c2ccccc2)N1C(=O)OCc1ccccc1. The van der Waals surface area contributed by atoms with Gasteiger partial charge >= 0.3 is 12.1 Å². The Labute approximate surface area is 197 Å². The average Bonchev–Trinajstić information content (AvgIpc) is 3.28. The van der Waals surface area contributed by atoms with Crippen LogP contribution >= 0.6 is 0 Å². The molecule has 3 atom stereocenters. The Morgan fingerprint density at radius 3 is 2.03 bits per heavy atom. The van der Waals surface area contributed by atoms with Gasteiger partial charge in [0.25, 0.3) is 0 Å². The predicted octanol–water partition coefficient (Wildman–Crippen LogP) is 4.57. The molecular formula is C26H25NO7. The lowest BCUT2D eigenvalue weighted by atomic mass is 10.0. The fraction of sp³-hybridized carbons (Fsp3) is 0.231. The van der Waals surface area contributed by atoms with E-state index in [2.05, 4.69) is 0 Å². The number of carboxylic acids is 1. The molecule has 0 saturated carbocycles. The van der Waals surface area contributed by atoms with E-state index in [1.807, 2.05) is 36.4 Å². The highest BCUT2D eigenvalue weighted by Crippen LogP contribution is 2.48. The lowest BCUT2D eigenvalue weighted by Crippen LogP contribution is -2.37. The Kier molecular flexibility index (Phi) is 6.98.